The number of nitrogens with zero attached hydrogens (tertiary/aromatic N) is 5. The van der Waals surface area contributed by atoms with Crippen LogP contribution in [-0.4, -0.2) is 122 Å². The van der Waals surface area contributed by atoms with Crippen LogP contribution < -0.4 is 10.1 Å². The number of aryl methyl sites for hydroxylation is 1. The maximum absolute atomic E-state index is 16.6. The summed E-state index contributed by atoms with van der Waals surface area (Å²) in [7, 11) is 6.67. The van der Waals surface area contributed by atoms with Crippen molar-refractivity contribution in [1.82, 2.24) is 25.0 Å². The van der Waals surface area contributed by atoms with E-state index in [1.165, 1.54) is 12.0 Å². The highest BCUT2D eigenvalue weighted by atomic mass is 35.5. The van der Waals surface area contributed by atoms with Crippen LogP contribution in [0.15, 0.2) is 22.7 Å². The van der Waals surface area contributed by atoms with Crippen LogP contribution in [0.4, 0.5) is 10.1 Å². The number of aliphatic hydroxyl groups excluding tert-OH is 1. The number of ether oxygens (including phenoxy) is 3. The Balaban J connectivity index is 0.000000272. The van der Waals surface area contributed by atoms with Crippen LogP contribution in [0.2, 0.25) is 5.15 Å². The molecule has 2 unspecified atom stereocenters. The van der Waals surface area contributed by atoms with Gasteiger partial charge in [-0.15, -0.1) is 0 Å². The lowest BCUT2D eigenvalue weighted by Gasteiger charge is -2.28. The summed E-state index contributed by atoms with van der Waals surface area (Å²) in [5.74, 6) is 0.684. The average Bonchev–Trinajstić information content (AvgIpc) is 3.76. The summed E-state index contributed by atoms with van der Waals surface area (Å²) in [6, 6.07) is 2.07. The van der Waals surface area contributed by atoms with Crippen molar-refractivity contribution in [2.24, 2.45) is 4.99 Å². The number of hydrogen-bond donors (Lipinski definition) is 3. The van der Waals surface area contributed by atoms with Gasteiger partial charge in [0.15, 0.2) is 5.82 Å². The van der Waals surface area contributed by atoms with E-state index in [-0.39, 0.29) is 22.8 Å². The van der Waals surface area contributed by atoms with E-state index in [1.54, 1.807) is 28.3 Å². The van der Waals surface area contributed by atoms with Gasteiger partial charge >= 0.3 is 0 Å². The van der Waals surface area contributed by atoms with Crippen LogP contribution in [0.3, 0.4) is 0 Å². The van der Waals surface area contributed by atoms with E-state index >= 15 is 4.39 Å². The SMILES string of the molecule is CC.CN=C(c1c(OC)nc(-c2c3c(cc4n[nH]c(Cl)c24)CCCC3C)c(F)c1NC)N1CCCOCC1.COC/C=C1\CN2CCCC2(CO)C1. The quantitative estimate of drug-likeness (QED) is 0.136. The van der Waals surface area contributed by atoms with Crippen LogP contribution in [0, 0.1) is 5.82 Å². The molecule has 2 aromatic heterocycles. The Morgan fingerprint density at radius 3 is 2.73 bits per heavy atom. The Hall–Kier alpha value is -3.29. The number of pyridine rings is 1. The van der Waals surface area contributed by atoms with Gasteiger partial charge in [-0.25, -0.2) is 9.37 Å². The van der Waals surface area contributed by atoms with E-state index in [0.29, 0.717) is 71.9 Å². The summed E-state index contributed by atoms with van der Waals surface area (Å²) in [5, 5.41) is 20.9. The zero-order valence-corrected chi connectivity index (χ0v) is 32.8. The fourth-order valence-corrected chi connectivity index (χ4v) is 8.61. The maximum atomic E-state index is 16.6. The third-order valence-electron chi connectivity index (χ3n) is 10.8. The normalized spacial score (nSPS) is 22.7. The van der Waals surface area contributed by atoms with Crippen molar-refractivity contribution in [3.05, 3.63) is 45.4 Å². The van der Waals surface area contributed by atoms with Crippen molar-refractivity contribution in [2.45, 2.75) is 77.2 Å². The van der Waals surface area contributed by atoms with Gasteiger partial charge in [0.05, 0.1) is 38.1 Å². The highest BCUT2D eigenvalue weighted by molar-refractivity contribution is 6.35. The highest BCUT2D eigenvalue weighted by Crippen LogP contribution is 2.47. The first-order chi connectivity index (χ1) is 25.3. The summed E-state index contributed by atoms with van der Waals surface area (Å²) >= 11 is 6.59. The summed E-state index contributed by atoms with van der Waals surface area (Å²) < 4.78 is 33.0. The van der Waals surface area contributed by atoms with E-state index in [2.05, 4.69) is 49.4 Å². The number of rotatable bonds is 7. The number of amidine groups is 1. The molecule has 13 heteroatoms. The molecule has 1 aliphatic carbocycles. The lowest BCUT2D eigenvalue weighted by Crippen LogP contribution is -2.41. The number of anilines is 1. The first-order valence-electron chi connectivity index (χ1n) is 18.8. The van der Waals surface area contributed by atoms with Gasteiger partial charge in [0, 0.05) is 63.9 Å². The number of aromatic nitrogens is 3. The molecule has 11 nitrogen and oxygen atoms in total. The molecule has 7 rings (SSSR count). The van der Waals surface area contributed by atoms with Crippen LogP contribution in [-0.2, 0) is 15.9 Å². The van der Waals surface area contributed by atoms with Crippen LogP contribution >= 0.6 is 11.6 Å². The number of methoxy groups -OCH3 is 2. The van der Waals surface area contributed by atoms with E-state index in [1.807, 2.05) is 13.8 Å². The summed E-state index contributed by atoms with van der Waals surface area (Å²) in [5.41, 5.74) is 6.14. The Bertz CT molecular complexity index is 1740. The van der Waals surface area contributed by atoms with Crippen LogP contribution in [0.5, 0.6) is 5.88 Å². The molecule has 286 valence electrons. The second-order valence-corrected chi connectivity index (χ2v) is 14.1. The van der Waals surface area contributed by atoms with Gasteiger partial charge in [-0.05, 0) is 74.6 Å². The second kappa shape index (κ2) is 18.2. The molecule has 52 heavy (non-hydrogen) atoms. The van der Waals surface area contributed by atoms with E-state index in [0.717, 1.165) is 69.3 Å². The molecule has 3 saturated heterocycles. The van der Waals surface area contributed by atoms with Gasteiger partial charge in [0.1, 0.15) is 22.2 Å². The molecule has 0 saturated carbocycles. The van der Waals surface area contributed by atoms with E-state index < -0.39 is 5.82 Å². The number of aromatic amines is 1. The van der Waals surface area contributed by atoms with Crippen molar-refractivity contribution >= 4 is 34.0 Å². The van der Waals surface area contributed by atoms with Gasteiger partial charge in [-0.1, -0.05) is 44.0 Å². The largest absolute Gasteiger partial charge is 0.480 e. The Morgan fingerprint density at radius 2 is 2.04 bits per heavy atom. The third-order valence-corrected chi connectivity index (χ3v) is 11.0. The Morgan fingerprint density at radius 1 is 1.23 bits per heavy atom. The predicted octanol–water partition coefficient (Wildman–Crippen LogP) is 6.82. The molecule has 0 radical (unpaired) electrons. The minimum Gasteiger partial charge on any atom is -0.480 e. The van der Waals surface area contributed by atoms with Crippen molar-refractivity contribution < 1.29 is 23.7 Å². The smallest absolute Gasteiger partial charge is 0.227 e. The number of H-pyrrole nitrogens is 1. The summed E-state index contributed by atoms with van der Waals surface area (Å²) in [6.45, 7) is 12.0. The van der Waals surface area contributed by atoms with Crippen molar-refractivity contribution in [2.75, 3.05) is 86.2 Å². The molecule has 2 atom stereocenters. The number of benzene rings is 1. The number of aliphatic hydroxyl groups is 1. The van der Waals surface area contributed by atoms with Crippen LogP contribution in [0.25, 0.3) is 22.2 Å². The molecule has 0 spiro atoms. The summed E-state index contributed by atoms with van der Waals surface area (Å²) in [6.07, 6.45) is 9.43. The Kier molecular flexibility index (Phi) is 13.9. The molecular weight excluding hydrogens is 685 g/mol. The Labute approximate surface area is 313 Å². The molecule has 3 fully saturated rings. The molecule has 0 amide bonds. The van der Waals surface area contributed by atoms with Gasteiger partial charge < -0.3 is 29.5 Å². The molecule has 1 aromatic carbocycles. The molecule has 3 aromatic rings. The fourth-order valence-electron chi connectivity index (χ4n) is 8.38. The van der Waals surface area contributed by atoms with Gasteiger partial charge in [0.25, 0.3) is 0 Å². The third kappa shape index (κ3) is 7.82. The van der Waals surface area contributed by atoms with Crippen molar-refractivity contribution in [1.29, 1.82) is 0 Å². The standard InChI is InChI=1S/C26H32ClFN6O2.C11H19NO2.C2H6/c1-14-7-5-8-15-13-16-18(24(27)33-32-16)19(17(14)15)23-21(28)22(29-2)20(26(31-23)35-4)25(30-3)34-9-6-11-36-12-10-34;1-14-6-3-10-7-11(9-13)4-2-5-12(11)8-10;1-2/h13-14H,5-12H2,1-4H3,(H,29,31)(H,32,33);3,13H,2,4-9H2,1H3;1-2H3/b;10-3-;. The number of aliphatic imine (C=N–C) groups is 1. The van der Waals surface area contributed by atoms with Gasteiger partial charge in [-0.2, -0.15) is 5.10 Å². The fraction of sp³-hybridized carbons (Fsp3) is 0.615. The topological polar surface area (TPSA) is 120 Å². The number of halogens is 2. The number of hydrogen-bond acceptors (Lipinski definition) is 9. The highest BCUT2D eigenvalue weighted by Gasteiger charge is 2.45. The minimum atomic E-state index is -0.467. The predicted molar refractivity (Wildman–Crippen MR) is 208 cm³/mol. The zero-order chi connectivity index (χ0) is 37.4. The minimum absolute atomic E-state index is 0.0829. The van der Waals surface area contributed by atoms with Crippen LogP contribution in [0.1, 0.15) is 81.9 Å². The lowest BCUT2D eigenvalue weighted by atomic mass is 9.79. The summed E-state index contributed by atoms with van der Waals surface area (Å²) in [4.78, 5) is 13.9. The molecular formula is C39H57ClFN7O4. The first-order valence-corrected chi connectivity index (χ1v) is 19.2. The van der Waals surface area contributed by atoms with Gasteiger partial charge in [-0.3, -0.25) is 15.0 Å². The molecule has 0 bridgehead atoms. The van der Waals surface area contributed by atoms with E-state index in [4.69, 9.17) is 30.8 Å². The van der Waals surface area contributed by atoms with Crippen molar-refractivity contribution in [3.63, 3.8) is 0 Å². The average molecular weight is 742 g/mol. The van der Waals surface area contributed by atoms with Gasteiger partial charge in [0.2, 0.25) is 5.88 Å². The van der Waals surface area contributed by atoms with Crippen molar-refractivity contribution in [3.8, 4) is 17.1 Å². The first kappa shape index (κ1) is 39.9. The second-order valence-electron chi connectivity index (χ2n) is 13.7. The maximum Gasteiger partial charge on any atom is 0.227 e. The van der Waals surface area contributed by atoms with E-state index in [9.17, 15) is 5.11 Å². The molecule has 3 N–H and O–H groups in total. The molecule has 4 aliphatic rings. The monoisotopic (exact) mass is 741 g/mol. The number of nitrogens with one attached hydrogen (secondary N) is 2. The molecule has 3 aliphatic heterocycles. The lowest BCUT2D eigenvalue weighted by molar-refractivity contribution is 0.1000. The zero-order valence-electron chi connectivity index (χ0n) is 32.0. The number of fused-ring (bicyclic) bond motifs is 3. The molecule has 5 heterocycles.